The molecule has 0 atom stereocenters. The highest BCUT2D eigenvalue weighted by molar-refractivity contribution is 6.30. The molecule has 0 spiro atoms. The lowest BCUT2D eigenvalue weighted by molar-refractivity contribution is -0.383. The van der Waals surface area contributed by atoms with E-state index < -0.39 is 4.92 Å². The molecule has 1 heterocycles. The molecule has 1 aromatic carbocycles. The maximum Gasteiger partial charge on any atom is 0.278 e. The molecule has 70 valence electrons. The lowest BCUT2D eigenvalue weighted by atomic mass is 10.1. The van der Waals surface area contributed by atoms with E-state index >= 15 is 0 Å². The molecule has 1 aromatic heterocycles. The summed E-state index contributed by atoms with van der Waals surface area (Å²) in [5, 5.41) is 12.2. The van der Waals surface area contributed by atoms with Gasteiger partial charge in [0.05, 0.1) is 10.3 Å². The molecule has 2 rings (SSSR count). The van der Waals surface area contributed by atoms with Crippen LogP contribution in [-0.2, 0) is 0 Å². The van der Waals surface area contributed by atoms with Crippen LogP contribution < -0.4 is 0 Å². The Morgan fingerprint density at radius 3 is 2.93 bits per heavy atom. The van der Waals surface area contributed by atoms with Crippen LogP contribution in [0.5, 0.6) is 0 Å². The van der Waals surface area contributed by atoms with Crippen LogP contribution in [0.4, 0.5) is 5.69 Å². The van der Waals surface area contributed by atoms with Gasteiger partial charge < -0.3 is 0 Å². The number of hydrogen-bond donors (Lipinski definition) is 0. The third-order valence-electron chi connectivity index (χ3n) is 1.91. The van der Waals surface area contributed by atoms with Crippen molar-refractivity contribution in [1.29, 1.82) is 0 Å². The summed E-state index contributed by atoms with van der Waals surface area (Å²) in [6.07, 6.45) is 1.41. The molecule has 0 saturated heterocycles. The molecule has 4 nitrogen and oxygen atoms in total. The Morgan fingerprint density at radius 1 is 1.43 bits per heavy atom. The van der Waals surface area contributed by atoms with Crippen molar-refractivity contribution < 1.29 is 4.92 Å². The molecule has 0 radical (unpaired) electrons. The minimum absolute atomic E-state index is 0.0478. The summed E-state index contributed by atoms with van der Waals surface area (Å²) in [5.41, 5.74) is 0.0478. The normalized spacial score (nSPS) is 10.4. The van der Waals surface area contributed by atoms with Gasteiger partial charge in [-0.3, -0.25) is 10.1 Å². The third kappa shape index (κ3) is 1.40. The van der Waals surface area contributed by atoms with Gasteiger partial charge in [0.1, 0.15) is 5.15 Å². The van der Waals surface area contributed by atoms with Crippen LogP contribution >= 0.6 is 11.6 Å². The lowest BCUT2D eigenvalue weighted by Crippen LogP contribution is -1.89. The van der Waals surface area contributed by atoms with Crippen LogP contribution in [0.1, 0.15) is 0 Å². The van der Waals surface area contributed by atoms with Crippen molar-refractivity contribution in [1.82, 2.24) is 4.98 Å². The van der Waals surface area contributed by atoms with Crippen LogP contribution in [0.2, 0.25) is 5.15 Å². The smallest absolute Gasteiger partial charge is 0.258 e. The van der Waals surface area contributed by atoms with Crippen LogP contribution in [0.15, 0.2) is 30.5 Å². The summed E-state index contributed by atoms with van der Waals surface area (Å²) in [4.78, 5) is 14.0. The summed E-state index contributed by atoms with van der Waals surface area (Å²) >= 11 is 5.67. The third-order valence-corrected chi connectivity index (χ3v) is 2.11. The molecular weight excluding hydrogens is 204 g/mol. The number of nitrogens with zero attached hydrogens (tertiary/aromatic N) is 2. The number of pyridine rings is 1. The molecule has 0 aliphatic rings. The predicted octanol–water partition coefficient (Wildman–Crippen LogP) is 2.80. The topological polar surface area (TPSA) is 56.0 Å². The van der Waals surface area contributed by atoms with Crippen LogP contribution in [-0.4, -0.2) is 9.91 Å². The second kappa shape index (κ2) is 3.23. The SMILES string of the molecule is O=[N+]([O-])c1cccc2cc(Cl)ncc12. The van der Waals surface area contributed by atoms with E-state index in [-0.39, 0.29) is 5.69 Å². The Labute approximate surface area is 84.3 Å². The van der Waals surface area contributed by atoms with Gasteiger partial charge in [0.15, 0.2) is 0 Å². The second-order valence-corrected chi connectivity index (χ2v) is 3.15. The highest BCUT2D eigenvalue weighted by Gasteiger charge is 2.10. The highest BCUT2D eigenvalue weighted by Crippen LogP contribution is 2.25. The van der Waals surface area contributed by atoms with Gasteiger partial charge in [-0.15, -0.1) is 0 Å². The quantitative estimate of drug-likeness (QED) is 0.411. The molecule has 0 amide bonds. The van der Waals surface area contributed by atoms with Gasteiger partial charge in [-0.05, 0) is 11.5 Å². The Balaban J connectivity index is 2.81. The predicted molar refractivity (Wildman–Crippen MR) is 53.4 cm³/mol. The van der Waals surface area contributed by atoms with Crippen molar-refractivity contribution in [3.63, 3.8) is 0 Å². The van der Waals surface area contributed by atoms with E-state index in [0.29, 0.717) is 10.5 Å². The van der Waals surface area contributed by atoms with Crippen molar-refractivity contribution >= 4 is 28.1 Å². The molecule has 0 bridgehead atoms. The number of aromatic nitrogens is 1. The molecule has 0 unspecified atom stereocenters. The van der Waals surface area contributed by atoms with Crippen molar-refractivity contribution in [3.05, 3.63) is 45.7 Å². The number of hydrogen-bond acceptors (Lipinski definition) is 3. The van der Waals surface area contributed by atoms with Gasteiger partial charge >= 0.3 is 0 Å². The molecule has 0 saturated carbocycles. The molecule has 0 fully saturated rings. The van der Waals surface area contributed by atoms with Crippen molar-refractivity contribution in [3.8, 4) is 0 Å². The first-order valence-electron chi connectivity index (χ1n) is 3.87. The Morgan fingerprint density at radius 2 is 2.21 bits per heavy atom. The molecule has 5 heteroatoms. The second-order valence-electron chi connectivity index (χ2n) is 2.76. The minimum Gasteiger partial charge on any atom is -0.258 e. The van der Waals surface area contributed by atoms with Crippen molar-refractivity contribution in [2.24, 2.45) is 0 Å². The summed E-state index contributed by atoms with van der Waals surface area (Å²) < 4.78 is 0. The summed E-state index contributed by atoms with van der Waals surface area (Å²) in [6.45, 7) is 0. The zero-order chi connectivity index (χ0) is 10.1. The minimum atomic E-state index is -0.433. The Bertz CT molecular complexity index is 513. The first-order valence-corrected chi connectivity index (χ1v) is 4.25. The van der Waals surface area contributed by atoms with Crippen molar-refractivity contribution in [2.45, 2.75) is 0 Å². The van der Waals surface area contributed by atoms with Gasteiger partial charge in [-0.1, -0.05) is 23.7 Å². The van der Waals surface area contributed by atoms with Gasteiger partial charge in [0.25, 0.3) is 5.69 Å². The lowest BCUT2D eigenvalue weighted by Gasteiger charge is -1.98. The highest BCUT2D eigenvalue weighted by atomic mass is 35.5. The average Bonchev–Trinajstić information content (AvgIpc) is 2.16. The van der Waals surface area contributed by atoms with Gasteiger partial charge in [0, 0.05) is 12.3 Å². The molecule has 2 aromatic rings. The van der Waals surface area contributed by atoms with E-state index in [9.17, 15) is 10.1 Å². The number of halogens is 1. The number of nitro groups is 1. The van der Waals surface area contributed by atoms with Gasteiger partial charge in [0.2, 0.25) is 0 Å². The molecule has 14 heavy (non-hydrogen) atoms. The standard InChI is InChI=1S/C9H5ClN2O2/c10-9-4-6-2-1-3-8(12(13)14)7(6)5-11-9/h1-5H. The van der Waals surface area contributed by atoms with Crippen LogP contribution in [0.3, 0.4) is 0 Å². The number of fused-ring (bicyclic) bond motifs is 1. The van der Waals surface area contributed by atoms with E-state index in [0.717, 1.165) is 5.39 Å². The van der Waals surface area contributed by atoms with Crippen LogP contribution in [0.25, 0.3) is 10.8 Å². The van der Waals surface area contributed by atoms with Gasteiger partial charge in [-0.25, -0.2) is 4.98 Å². The Kier molecular flexibility index (Phi) is 2.05. The van der Waals surface area contributed by atoms with E-state index in [1.807, 2.05) is 0 Å². The van der Waals surface area contributed by atoms with E-state index in [1.165, 1.54) is 12.3 Å². The summed E-state index contributed by atoms with van der Waals surface area (Å²) in [7, 11) is 0. The molecule has 0 aliphatic carbocycles. The fourth-order valence-corrected chi connectivity index (χ4v) is 1.45. The number of rotatable bonds is 1. The largest absolute Gasteiger partial charge is 0.278 e. The Hall–Kier alpha value is -1.68. The molecular formula is C9H5ClN2O2. The van der Waals surface area contributed by atoms with E-state index in [4.69, 9.17) is 11.6 Å². The zero-order valence-corrected chi connectivity index (χ0v) is 7.73. The van der Waals surface area contributed by atoms with Crippen LogP contribution in [0, 0.1) is 10.1 Å². The van der Waals surface area contributed by atoms with Crippen molar-refractivity contribution in [2.75, 3.05) is 0 Å². The zero-order valence-electron chi connectivity index (χ0n) is 6.98. The monoisotopic (exact) mass is 208 g/mol. The maximum atomic E-state index is 10.6. The van der Waals surface area contributed by atoms with E-state index in [1.54, 1.807) is 18.2 Å². The molecule has 0 N–H and O–H groups in total. The van der Waals surface area contributed by atoms with Gasteiger partial charge in [-0.2, -0.15) is 0 Å². The number of nitro benzene ring substituents is 1. The van der Waals surface area contributed by atoms with E-state index in [2.05, 4.69) is 4.98 Å². The number of non-ortho nitro benzene ring substituents is 1. The average molecular weight is 209 g/mol. The fraction of sp³-hybridized carbons (Fsp3) is 0. The summed E-state index contributed by atoms with van der Waals surface area (Å²) in [6, 6.07) is 6.43. The summed E-state index contributed by atoms with van der Waals surface area (Å²) in [5.74, 6) is 0. The first-order chi connectivity index (χ1) is 6.68. The number of benzene rings is 1. The first kappa shape index (κ1) is 8.90. The molecule has 0 aliphatic heterocycles. The maximum absolute atomic E-state index is 10.6. The fourth-order valence-electron chi connectivity index (χ4n) is 1.29.